The Labute approximate surface area is 121 Å². The minimum absolute atomic E-state index is 0.0623. The highest BCUT2D eigenvalue weighted by Gasteiger charge is 2.17. The van der Waals surface area contributed by atoms with Crippen LogP contribution < -0.4 is 5.32 Å². The molecule has 2 atom stereocenters. The third-order valence-corrected chi connectivity index (χ3v) is 5.12. The molecule has 0 radical (unpaired) electrons. The molecular formula is C14H24N2O3S. The molecule has 0 bridgehead atoms. The Morgan fingerprint density at radius 1 is 1.25 bits per heavy atom. The second-order valence-electron chi connectivity index (χ2n) is 5.05. The standard InChI is InChI=1S/C14H24N2O3S/c1-5-13(17)10-15-11(2)12-6-8-14(9-7-12)20(18,19)16(3)4/h6-9,11,13,15,17H,5,10H2,1-4H3. The molecule has 2 N–H and O–H groups in total. The first-order valence-electron chi connectivity index (χ1n) is 6.73. The number of rotatable bonds is 7. The lowest BCUT2D eigenvalue weighted by atomic mass is 10.1. The average Bonchev–Trinajstić information content (AvgIpc) is 2.44. The fourth-order valence-corrected chi connectivity index (χ4v) is 2.62. The summed E-state index contributed by atoms with van der Waals surface area (Å²) in [5.41, 5.74) is 0.992. The first-order chi connectivity index (χ1) is 9.28. The zero-order valence-corrected chi connectivity index (χ0v) is 13.3. The Hall–Kier alpha value is -0.950. The topological polar surface area (TPSA) is 69.6 Å². The van der Waals surface area contributed by atoms with Gasteiger partial charge in [-0.15, -0.1) is 0 Å². The van der Waals surface area contributed by atoms with Crippen molar-refractivity contribution in [3.05, 3.63) is 29.8 Å². The normalized spacial score (nSPS) is 15.3. The number of aliphatic hydroxyl groups is 1. The second kappa shape index (κ2) is 7.17. The zero-order valence-electron chi connectivity index (χ0n) is 12.5. The van der Waals surface area contributed by atoms with E-state index in [0.29, 0.717) is 13.0 Å². The fourth-order valence-electron chi connectivity index (χ4n) is 1.71. The van der Waals surface area contributed by atoms with Crippen molar-refractivity contribution in [2.75, 3.05) is 20.6 Å². The van der Waals surface area contributed by atoms with Crippen LogP contribution in [-0.4, -0.2) is 44.6 Å². The Kier molecular flexibility index (Phi) is 6.13. The van der Waals surface area contributed by atoms with Gasteiger partial charge in [0.05, 0.1) is 11.0 Å². The molecule has 1 aromatic carbocycles. The van der Waals surface area contributed by atoms with Crippen molar-refractivity contribution in [3.63, 3.8) is 0 Å². The van der Waals surface area contributed by atoms with Gasteiger partial charge in [-0.25, -0.2) is 12.7 Å². The van der Waals surface area contributed by atoms with E-state index < -0.39 is 10.0 Å². The van der Waals surface area contributed by atoms with Gasteiger partial charge < -0.3 is 10.4 Å². The number of hydrogen-bond acceptors (Lipinski definition) is 4. The van der Waals surface area contributed by atoms with Gasteiger partial charge in [0, 0.05) is 26.7 Å². The van der Waals surface area contributed by atoms with Gasteiger partial charge in [0.2, 0.25) is 10.0 Å². The first kappa shape index (κ1) is 17.1. The summed E-state index contributed by atoms with van der Waals surface area (Å²) in [4.78, 5) is 0.284. The molecule has 0 aliphatic rings. The molecule has 0 saturated carbocycles. The number of aliphatic hydroxyl groups excluding tert-OH is 1. The molecule has 0 spiro atoms. The van der Waals surface area contributed by atoms with E-state index >= 15 is 0 Å². The third kappa shape index (κ3) is 4.28. The van der Waals surface area contributed by atoms with Crippen LogP contribution in [0.4, 0.5) is 0 Å². The molecule has 1 rings (SSSR count). The predicted octanol–water partition coefficient (Wildman–Crippen LogP) is 1.36. The van der Waals surface area contributed by atoms with Crippen LogP contribution in [0.2, 0.25) is 0 Å². The van der Waals surface area contributed by atoms with Crippen molar-refractivity contribution >= 4 is 10.0 Å². The van der Waals surface area contributed by atoms with Gasteiger partial charge >= 0.3 is 0 Å². The van der Waals surface area contributed by atoms with Crippen LogP contribution >= 0.6 is 0 Å². The maximum Gasteiger partial charge on any atom is 0.242 e. The molecule has 2 unspecified atom stereocenters. The van der Waals surface area contributed by atoms with Crippen LogP contribution in [0.1, 0.15) is 31.9 Å². The summed E-state index contributed by atoms with van der Waals surface area (Å²) >= 11 is 0. The second-order valence-corrected chi connectivity index (χ2v) is 7.20. The van der Waals surface area contributed by atoms with Crippen LogP contribution in [-0.2, 0) is 10.0 Å². The highest BCUT2D eigenvalue weighted by atomic mass is 32.2. The summed E-state index contributed by atoms with van der Waals surface area (Å²) < 4.78 is 25.1. The molecule has 114 valence electrons. The van der Waals surface area contributed by atoms with Crippen LogP contribution in [0.3, 0.4) is 0 Å². The molecule has 1 aromatic rings. The lowest BCUT2D eigenvalue weighted by molar-refractivity contribution is 0.164. The third-order valence-electron chi connectivity index (χ3n) is 3.29. The van der Waals surface area contributed by atoms with Crippen molar-refractivity contribution in [2.45, 2.75) is 37.3 Å². The summed E-state index contributed by atoms with van der Waals surface area (Å²) in [5.74, 6) is 0. The highest BCUT2D eigenvalue weighted by molar-refractivity contribution is 7.89. The molecule has 5 nitrogen and oxygen atoms in total. The molecule has 20 heavy (non-hydrogen) atoms. The van der Waals surface area contributed by atoms with Gasteiger partial charge in [0.1, 0.15) is 0 Å². The van der Waals surface area contributed by atoms with Gasteiger partial charge in [-0.05, 0) is 31.0 Å². The number of hydrogen-bond donors (Lipinski definition) is 2. The lowest BCUT2D eigenvalue weighted by Crippen LogP contribution is -2.28. The molecule has 0 aliphatic carbocycles. The van der Waals surface area contributed by atoms with E-state index in [-0.39, 0.29) is 17.0 Å². The Morgan fingerprint density at radius 2 is 1.80 bits per heavy atom. The van der Waals surface area contributed by atoms with E-state index in [0.717, 1.165) is 5.56 Å². The van der Waals surface area contributed by atoms with Gasteiger partial charge in [-0.1, -0.05) is 19.1 Å². The van der Waals surface area contributed by atoms with Crippen molar-refractivity contribution in [2.24, 2.45) is 0 Å². The molecule has 0 amide bonds. The molecule has 0 aliphatic heterocycles. The van der Waals surface area contributed by atoms with Crippen molar-refractivity contribution in [3.8, 4) is 0 Å². The number of nitrogens with one attached hydrogen (secondary N) is 1. The predicted molar refractivity (Wildman–Crippen MR) is 80.0 cm³/mol. The lowest BCUT2D eigenvalue weighted by Gasteiger charge is -2.17. The van der Waals surface area contributed by atoms with E-state index in [1.807, 2.05) is 13.8 Å². The van der Waals surface area contributed by atoms with Crippen LogP contribution in [0.5, 0.6) is 0 Å². The number of nitrogens with zero attached hydrogens (tertiary/aromatic N) is 1. The number of benzene rings is 1. The molecule has 0 saturated heterocycles. The maximum absolute atomic E-state index is 11.9. The Morgan fingerprint density at radius 3 is 2.25 bits per heavy atom. The van der Waals surface area contributed by atoms with Crippen LogP contribution in [0.25, 0.3) is 0 Å². The van der Waals surface area contributed by atoms with Gasteiger partial charge in [-0.2, -0.15) is 0 Å². The summed E-state index contributed by atoms with van der Waals surface area (Å²) in [5, 5.41) is 12.7. The van der Waals surface area contributed by atoms with Crippen molar-refractivity contribution in [1.29, 1.82) is 0 Å². The maximum atomic E-state index is 11.9. The summed E-state index contributed by atoms with van der Waals surface area (Å²) in [6.07, 6.45) is 0.352. The van der Waals surface area contributed by atoms with Crippen LogP contribution in [0, 0.1) is 0 Å². The van der Waals surface area contributed by atoms with Crippen LogP contribution in [0.15, 0.2) is 29.2 Å². The molecular weight excluding hydrogens is 276 g/mol. The van der Waals surface area contributed by atoms with Gasteiger partial charge in [0.15, 0.2) is 0 Å². The zero-order chi connectivity index (χ0) is 15.3. The van der Waals surface area contributed by atoms with E-state index in [1.54, 1.807) is 24.3 Å². The van der Waals surface area contributed by atoms with Crippen molar-refractivity contribution in [1.82, 2.24) is 9.62 Å². The van der Waals surface area contributed by atoms with Crippen molar-refractivity contribution < 1.29 is 13.5 Å². The van der Waals surface area contributed by atoms with Gasteiger partial charge in [0.25, 0.3) is 0 Å². The first-order valence-corrected chi connectivity index (χ1v) is 8.17. The van der Waals surface area contributed by atoms with E-state index in [1.165, 1.54) is 18.4 Å². The quantitative estimate of drug-likeness (QED) is 0.798. The SMILES string of the molecule is CCC(O)CNC(C)c1ccc(S(=O)(=O)N(C)C)cc1. The largest absolute Gasteiger partial charge is 0.392 e. The van der Waals surface area contributed by atoms with E-state index in [4.69, 9.17) is 0 Å². The fraction of sp³-hybridized carbons (Fsp3) is 0.571. The average molecular weight is 300 g/mol. The molecule has 0 heterocycles. The van der Waals surface area contributed by atoms with E-state index in [9.17, 15) is 13.5 Å². The summed E-state index contributed by atoms with van der Waals surface area (Å²) in [7, 11) is -0.349. The van der Waals surface area contributed by atoms with E-state index in [2.05, 4.69) is 5.32 Å². The smallest absolute Gasteiger partial charge is 0.242 e. The molecule has 0 aromatic heterocycles. The molecule has 6 heteroatoms. The Bertz CT molecular complexity index is 512. The number of sulfonamides is 1. The molecule has 0 fully saturated rings. The monoisotopic (exact) mass is 300 g/mol. The van der Waals surface area contributed by atoms with Gasteiger partial charge in [-0.3, -0.25) is 0 Å². The minimum atomic E-state index is -3.38. The summed E-state index contributed by atoms with van der Waals surface area (Å²) in [6, 6.07) is 6.88. The highest BCUT2D eigenvalue weighted by Crippen LogP contribution is 2.18. The summed E-state index contributed by atoms with van der Waals surface area (Å²) in [6.45, 7) is 4.44. The Balaban J connectivity index is 2.76. The minimum Gasteiger partial charge on any atom is -0.392 e.